The van der Waals surface area contributed by atoms with Gasteiger partial charge in [-0.05, 0) is 48.8 Å². The van der Waals surface area contributed by atoms with Crippen molar-refractivity contribution in [3.8, 4) is 5.75 Å². The molecule has 1 aliphatic rings. The molecule has 0 aliphatic carbocycles. The van der Waals surface area contributed by atoms with E-state index in [0.717, 1.165) is 25.0 Å². The van der Waals surface area contributed by atoms with Gasteiger partial charge in [0.2, 0.25) is 4.77 Å². The zero-order valence-electron chi connectivity index (χ0n) is 11.0. The third kappa shape index (κ3) is 2.99. The Labute approximate surface area is 131 Å². The first-order chi connectivity index (χ1) is 10.1. The number of H-pyrrole nitrogens is 1. The first-order valence-corrected chi connectivity index (χ1v) is 7.25. The molecule has 8 heteroatoms. The normalized spacial score (nSPS) is 18.6. The number of aromatic hydroxyl groups is 1. The zero-order valence-corrected chi connectivity index (χ0v) is 12.6. The molecule has 3 rings (SSSR count). The zero-order chi connectivity index (χ0) is 14.8. The molecule has 110 valence electrons. The predicted octanol–water partition coefficient (Wildman–Crippen LogP) is 3.03. The smallest absolute Gasteiger partial charge is 0.216 e. The van der Waals surface area contributed by atoms with Crippen molar-refractivity contribution in [3.05, 3.63) is 39.4 Å². The third-order valence-electron chi connectivity index (χ3n) is 3.19. The molecule has 1 unspecified atom stereocenters. The molecule has 2 heterocycles. The molecule has 2 N–H and O–H groups in total. The lowest BCUT2D eigenvalue weighted by Crippen LogP contribution is -2.05. The van der Waals surface area contributed by atoms with Gasteiger partial charge in [0, 0.05) is 6.61 Å². The number of aromatic amines is 1. The Balaban J connectivity index is 1.90. The fraction of sp³-hybridized carbons (Fsp3) is 0.308. The Morgan fingerprint density at radius 2 is 2.43 bits per heavy atom. The summed E-state index contributed by atoms with van der Waals surface area (Å²) < 4.78 is 7.55. The minimum atomic E-state index is -0.0847. The van der Waals surface area contributed by atoms with Crippen LogP contribution in [0.4, 0.5) is 0 Å². The molecule has 0 radical (unpaired) electrons. The van der Waals surface area contributed by atoms with Crippen LogP contribution in [0.15, 0.2) is 23.3 Å². The van der Waals surface area contributed by atoms with Gasteiger partial charge in [-0.2, -0.15) is 14.9 Å². The highest BCUT2D eigenvalue weighted by atomic mass is 35.5. The Morgan fingerprint density at radius 1 is 1.57 bits per heavy atom. The van der Waals surface area contributed by atoms with Crippen molar-refractivity contribution in [2.45, 2.75) is 18.9 Å². The molecular weight excluding hydrogens is 312 g/mol. The first kappa shape index (κ1) is 14.2. The van der Waals surface area contributed by atoms with E-state index < -0.39 is 0 Å². The van der Waals surface area contributed by atoms with E-state index in [2.05, 4.69) is 15.3 Å². The van der Waals surface area contributed by atoms with Gasteiger partial charge in [-0.3, -0.25) is 5.10 Å². The van der Waals surface area contributed by atoms with Gasteiger partial charge < -0.3 is 9.84 Å². The highest BCUT2D eigenvalue weighted by Gasteiger charge is 2.23. The number of nitrogens with zero attached hydrogens (tertiary/aromatic N) is 3. The van der Waals surface area contributed by atoms with Gasteiger partial charge in [-0.15, -0.1) is 0 Å². The van der Waals surface area contributed by atoms with Crippen LogP contribution in [0.2, 0.25) is 5.02 Å². The van der Waals surface area contributed by atoms with Crippen LogP contribution in [0, 0.1) is 4.77 Å². The van der Waals surface area contributed by atoms with Crippen LogP contribution in [0.3, 0.4) is 0 Å². The number of halogens is 1. The molecule has 0 saturated carbocycles. The fourth-order valence-electron chi connectivity index (χ4n) is 2.13. The van der Waals surface area contributed by atoms with Crippen molar-refractivity contribution in [3.63, 3.8) is 0 Å². The fourth-order valence-corrected chi connectivity index (χ4v) is 2.51. The van der Waals surface area contributed by atoms with Crippen molar-refractivity contribution < 1.29 is 9.84 Å². The van der Waals surface area contributed by atoms with Crippen molar-refractivity contribution >= 4 is 30.0 Å². The van der Waals surface area contributed by atoms with E-state index in [-0.39, 0.29) is 16.9 Å². The molecule has 0 spiro atoms. The van der Waals surface area contributed by atoms with E-state index in [1.54, 1.807) is 23.0 Å². The number of phenols is 1. The number of benzene rings is 1. The monoisotopic (exact) mass is 324 g/mol. The van der Waals surface area contributed by atoms with Crippen LogP contribution in [0.25, 0.3) is 0 Å². The lowest BCUT2D eigenvalue weighted by molar-refractivity contribution is 0.102. The van der Waals surface area contributed by atoms with E-state index >= 15 is 0 Å². The Bertz CT molecular complexity index is 734. The standard InChI is InChI=1S/C13H13ClN4O2S/c14-9-6-8(3-4-10(9)19)7-15-18-12(16-17-13(18)21)11-2-1-5-20-11/h3-4,6-7,11,19H,1-2,5H2,(H,17,21)/b15-7-. The molecule has 0 bridgehead atoms. The second kappa shape index (κ2) is 5.97. The van der Waals surface area contributed by atoms with Gasteiger partial charge in [-0.1, -0.05) is 11.6 Å². The van der Waals surface area contributed by atoms with E-state index in [1.807, 2.05) is 0 Å². The molecule has 1 aliphatic heterocycles. The molecule has 1 aromatic heterocycles. The summed E-state index contributed by atoms with van der Waals surface area (Å²) in [6.45, 7) is 0.724. The average molecular weight is 325 g/mol. The Morgan fingerprint density at radius 3 is 3.14 bits per heavy atom. The van der Waals surface area contributed by atoms with Crippen LogP contribution in [0.5, 0.6) is 5.75 Å². The number of hydrogen-bond donors (Lipinski definition) is 2. The number of nitrogens with one attached hydrogen (secondary N) is 1. The second-order valence-corrected chi connectivity index (χ2v) is 5.45. The van der Waals surface area contributed by atoms with Gasteiger partial charge in [0.25, 0.3) is 0 Å². The third-order valence-corrected chi connectivity index (χ3v) is 3.75. The molecule has 6 nitrogen and oxygen atoms in total. The molecule has 1 atom stereocenters. The van der Waals surface area contributed by atoms with Crippen molar-refractivity contribution in [2.24, 2.45) is 5.10 Å². The summed E-state index contributed by atoms with van der Waals surface area (Å²) in [5.74, 6) is 0.701. The molecule has 0 amide bonds. The summed E-state index contributed by atoms with van der Waals surface area (Å²) in [4.78, 5) is 0. The largest absolute Gasteiger partial charge is 0.506 e. The summed E-state index contributed by atoms with van der Waals surface area (Å²) in [5.41, 5.74) is 0.749. The lowest BCUT2D eigenvalue weighted by atomic mass is 10.2. The van der Waals surface area contributed by atoms with E-state index in [9.17, 15) is 5.11 Å². The average Bonchev–Trinajstić information content (AvgIpc) is 3.10. The summed E-state index contributed by atoms with van der Waals surface area (Å²) in [6.07, 6.45) is 3.43. The summed E-state index contributed by atoms with van der Waals surface area (Å²) in [5, 5.41) is 20.9. The van der Waals surface area contributed by atoms with Gasteiger partial charge in [0.15, 0.2) is 5.82 Å². The lowest BCUT2D eigenvalue weighted by Gasteiger charge is -2.07. The van der Waals surface area contributed by atoms with Gasteiger partial charge >= 0.3 is 0 Å². The van der Waals surface area contributed by atoms with E-state index in [0.29, 0.717) is 10.6 Å². The second-order valence-electron chi connectivity index (χ2n) is 4.66. The van der Waals surface area contributed by atoms with Crippen LogP contribution in [-0.2, 0) is 4.74 Å². The van der Waals surface area contributed by atoms with Crippen molar-refractivity contribution in [1.29, 1.82) is 0 Å². The Hall–Kier alpha value is -1.70. The van der Waals surface area contributed by atoms with Gasteiger partial charge in [0.1, 0.15) is 11.9 Å². The SMILES string of the molecule is Oc1ccc(/C=N\n2c(C3CCCO3)n[nH]c2=S)cc1Cl. The minimum absolute atomic E-state index is 0.0359. The predicted molar refractivity (Wildman–Crippen MR) is 81.4 cm³/mol. The highest BCUT2D eigenvalue weighted by Crippen LogP contribution is 2.27. The number of phenolic OH excluding ortho intramolecular Hbond substituents is 1. The number of rotatable bonds is 3. The topological polar surface area (TPSA) is 75.4 Å². The highest BCUT2D eigenvalue weighted by molar-refractivity contribution is 7.71. The Kier molecular flexibility index (Phi) is 4.05. The van der Waals surface area contributed by atoms with Crippen molar-refractivity contribution in [2.75, 3.05) is 6.61 Å². The quantitative estimate of drug-likeness (QED) is 0.672. The number of hydrogen-bond acceptors (Lipinski definition) is 5. The van der Waals surface area contributed by atoms with Crippen LogP contribution < -0.4 is 0 Å². The van der Waals surface area contributed by atoms with Crippen LogP contribution >= 0.6 is 23.8 Å². The van der Waals surface area contributed by atoms with Crippen molar-refractivity contribution in [1.82, 2.24) is 14.9 Å². The van der Waals surface area contributed by atoms with Crippen LogP contribution in [0.1, 0.15) is 30.3 Å². The summed E-state index contributed by atoms with van der Waals surface area (Å²) >= 11 is 11.0. The van der Waals surface area contributed by atoms with Gasteiger partial charge in [0.05, 0.1) is 11.2 Å². The maximum absolute atomic E-state index is 9.40. The molecule has 1 aromatic carbocycles. The molecule has 21 heavy (non-hydrogen) atoms. The van der Waals surface area contributed by atoms with E-state index in [4.69, 9.17) is 28.6 Å². The minimum Gasteiger partial charge on any atom is -0.506 e. The van der Waals surface area contributed by atoms with E-state index in [1.165, 1.54) is 6.07 Å². The summed E-state index contributed by atoms with van der Waals surface area (Å²) in [7, 11) is 0. The summed E-state index contributed by atoms with van der Waals surface area (Å²) in [6, 6.07) is 4.84. The number of aromatic nitrogens is 3. The maximum Gasteiger partial charge on any atom is 0.216 e. The molecular formula is C13H13ClN4O2S. The molecule has 2 aromatic rings. The molecule has 1 fully saturated rings. The number of ether oxygens (including phenoxy) is 1. The molecule has 1 saturated heterocycles. The maximum atomic E-state index is 9.40. The first-order valence-electron chi connectivity index (χ1n) is 6.47. The van der Waals surface area contributed by atoms with Crippen LogP contribution in [-0.4, -0.2) is 32.8 Å². The van der Waals surface area contributed by atoms with Gasteiger partial charge in [-0.25, -0.2) is 0 Å².